The zero-order valence-electron chi connectivity index (χ0n) is 15.1. The van der Waals surface area contributed by atoms with Crippen LogP contribution in [0.1, 0.15) is 11.1 Å². The van der Waals surface area contributed by atoms with Crippen molar-refractivity contribution in [3.05, 3.63) is 70.7 Å². The number of nitrogens with zero attached hydrogens (tertiary/aromatic N) is 5. The second kappa shape index (κ2) is 8.95. The fourth-order valence-electron chi connectivity index (χ4n) is 2.18. The lowest BCUT2D eigenvalue weighted by Crippen LogP contribution is -2.16. The Morgan fingerprint density at radius 2 is 1.67 bits per heavy atom. The maximum Gasteiger partial charge on any atom is 0.250 e. The van der Waals surface area contributed by atoms with Crippen molar-refractivity contribution in [2.75, 3.05) is 29.7 Å². The Morgan fingerprint density at radius 1 is 0.963 bits per heavy atom. The van der Waals surface area contributed by atoms with E-state index in [1.54, 1.807) is 6.21 Å². The smallest absolute Gasteiger partial charge is 0.250 e. The fraction of sp³-hybridized carbons (Fsp3) is 0.158. The molecule has 3 rings (SSSR count). The average molecular weight is 382 g/mol. The van der Waals surface area contributed by atoms with Crippen molar-refractivity contribution < 1.29 is 0 Å². The van der Waals surface area contributed by atoms with Gasteiger partial charge in [-0.25, -0.2) is 5.43 Å². The third kappa shape index (κ3) is 5.65. The average Bonchev–Trinajstić information content (AvgIpc) is 2.68. The molecule has 1 heterocycles. The third-order valence-corrected chi connectivity index (χ3v) is 3.82. The van der Waals surface area contributed by atoms with E-state index in [9.17, 15) is 0 Å². The number of benzene rings is 2. The molecule has 7 nitrogen and oxygen atoms in total. The number of hydrogen-bond acceptors (Lipinski definition) is 7. The molecule has 0 fully saturated rings. The summed E-state index contributed by atoms with van der Waals surface area (Å²) in [5.74, 6) is 1.36. The Labute approximate surface area is 163 Å². The molecule has 27 heavy (non-hydrogen) atoms. The van der Waals surface area contributed by atoms with Crippen molar-refractivity contribution >= 4 is 35.7 Å². The molecule has 0 aliphatic heterocycles. The van der Waals surface area contributed by atoms with Crippen molar-refractivity contribution in [1.29, 1.82) is 0 Å². The highest BCUT2D eigenvalue weighted by molar-refractivity contribution is 6.30. The number of hydrogen-bond donors (Lipinski definition) is 2. The van der Waals surface area contributed by atoms with Crippen LogP contribution in [-0.2, 0) is 6.54 Å². The predicted octanol–water partition coefficient (Wildman–Crippen LogP) is 3.65. The quantitative estimate of drug-likeness (QED) is 0.480. The maximum absolute atomic E-state index is 5.88. The van der Waals surface area contributed by atoms with E-state index in [4.69, 9.17) is 11.6 Å². The van der Waals surface area contributed by atoms with Crippen LogP contribution in [0, 0.1) is 0 Å². The Morgan fingerprint density at radius 3 is 2.37 bits per heavy atom. The van der Waals surface area contributed by atoms with Crippen LogP contribution < -0.4 is 15.6 Å². The Kier molecular flexibility index (Phi) is 6.17. The summed E-state index contributed by atoms with van der Waals surface area (Å²) >= 11 is 5.88. The van der Waals surface area contributed by atoms with Gasteiger partial charge < -0.3 is 10.2 Å². The molecule has 0 saturated heterocycles. The highest BCUT2D eigenvalue weighted by Gasteiger charge is 2.07. The van der Waals surface area contributed by atoms with E-state index in [0.717, 1.165) is 11.1 Å². The van der Waals surface area contributed by atoms with E-state index in [1.165, 1.54) is 0 Å². The van der Waals surface area contributed by atoms with Gasteiger partial charge in [-0.1, -0.05) is 54.1 Å². The lowest BCUT2D eigenvalue weighted by Gasteiger charge is -2.13. The van der Waals surface area contributed by atoms with Gasteiger partial charge in [-0.05, 0) is 23.3 Å². The van der Waals surface area contributed by atoms with Crippen LogP contribution in [-0.4, -0.2) is 35.3 Å². The van der Waals surface area contributed by atoms with Crippen LogP contribution in [0.5, 0.6) is 0 Å². The SMILES string of the molecule is CN(C)c1nc(NCc2ccccc2)nc(N/N=C/c2ccc(Cl)cc2)n1. The summed E-state index contributed by atoms with van der Waals surface area (Å²) in [5.41, 5.74) is 4.90. The monoisotopic (exact) mass is 381 g/mol. The Hall–Kier alpha value is -3.19. The number of aromatic nitrogens is 3. The van der Waals surface area contributed by atoms with Crippen LogP contribution in [0.25, 0.3) is 0 Å². The lowest BCUT2D eigenvalue weighted by molar-refractivity contribution is 0.940. The highest BCUT2D eigenvalue weighted by Crippen LogP contribution is 2.13. The molecule has 1 aromatic heterocycles. The molecular weight excluding hydrogens is 362 g/mol. The summed E-state index contributed by atoms with van der Waals surface area (Å²) in [7, 11) is 3.74. The molecule has 2 aromatic carbocycles. The maximum atomic E-state index is 5.88. The lowest BCUT2D eigenvalue weighted by atomic mass is 10.2. The summed E-state index contributed by atoms with van der Waals surface area (Å²) in [5, 5.41) is 8.08. The molecule has 2 N–H and O–H groups in total. The third-order valence-electron chi connectivity index (χ3n) is 3.57. The zero-order valence-corrected chi connectivity index (χ0v) is 15.9. The van der Waals surface area contributed by atoms with E-state index in [-0.39, 0.29) is 0 Å². The van der Waals surface area contributed by atoms with Crippen LogP contribution in [0.4, 0.5) is 17.8 Å². The van der Waals surface area contributed by atoms with Gasteiger partial charge in [0.2, 0.25) is 17.8 Å². The number of rotatable bonds is 7. The van der Waals surface area contributed by atoms with E-state index in [0.29, 0.717) is 29.4 Å². The van der Waals surface area contributed by atoms with Crippen LogP contribution >= 0.6 is 11.6 Å². The molecule has 138 valence electrons. The molecule has 0 atom stereocenters. The second-order valence-electron chi connectivity index (χ2n) is 5.94. The minimum Gasteiger partial charge on any atom is -0.350 e. The topological polar surface area (TPSA) is 78.3 Å². The van der Waals surface area contributed by atoms with Crippen molar-refractivity contribution in [2.45, 2.75) is 6.54 Å². The molecular formula is C19H20ClN7. The first-order chi connectivity index (χ1) is 13.1. The summed E-state index contributed by atoms with van der Waals surface area (Å²) in [6, 6.07) is 17.4. The van der Waals surface area contributed by atoms with Gasteiger partial charge in [-0.2, -0.15) is 20.1 Å². The van der Waals surface area contributed by atoms with E-state index >= 15 is 0 Å². The van der Waals surface area contributed by atoms with Gasteiger partial charge in [0.15, 0.2) is 0 Å². The molecule has 0 aliphatic rings. The van der Waals surface area contributed by atoms with Gasteiger partial charge >= 0.3 is 0 Å². The zero-order chi connectivity index (χ0) is 19.1. The van der Waals surface area contributed by atoms with Gasteiger partial charge in [0.25, 0.3) is 0 Å². The van der Waals surface area contributed by atoms with Gasteiger partial charge in [0.1, 0.15) is 0 Å². The summed E-state index contributed by atoms with van der Waals surface area (Å²) in [6.45, 7) is 0.616. The van der Waals surface area contributed by atoms with Crippen molar-refractivity contribution in [2.24, 2.45) is 5.10 Å². The molecule has 0 spiro atoms. The molecule has 0 bridgehead atoms. The number of nitrogens with one attached hydrogen (secondary N) is 2. The first-order valence-corrected chi connectivity index (χ1v) is 8.74. The molecule has 0 radical (unpaired) electrons. The van der Waals surface area contributed by atoms with Gasteiger partial charge in [0.05, 0.1) is 6.21 Å². The number of anilines is 3. The van der Waals surface area contributed by atoms with Crippen LogP contribution in [0.2, 0.25) is 5.02 Å². The standard InChI is InChI=1S/C19H20ClN7/c1-27(2)19-24-17(21-12-14-6-4-3-5-7-14)23-18(25-19)26-22-13-15-8-10-16(20)11-9-15/h3-11,13H,12H2,1-2H3,(H2,21,23,24,25,26)/b22-13+. The first kappa shape index (κ1) is 18.6. The van der Waals surface area contributed by atoms with Crippen LogP contribution in [0.15, 0.2) is 59.7 Å². The molecule has 8 heteroatoms. The number of hydrazone groups is 1. The van der Waals surface area contributed by atoms with Gasteiger partial charge in [-0.3, -0.25) is 0 Å². The molecule has 0 amide bonds. The normalized spacial score (nSPS) is 10.8. The van der Waals surface area contributed by atoms with E-state index < -0.39 is 0 Å². The molecule has 0 unspecified atom stereocenters. The molecule has 3 aromatic rings. The van der Waals surface area contributed by atoms with Gasteiger partial charge in [0, 0.05) is 25.7 Å². The Bertz CT molecular complexity index is 896. The predicted molar refractivity (Wildman–Crippen MR) is 111 cm³/mol. The van der Waals surface area contributed by atoms with Crippen molar-refractivity contribution in [3.8, 4) is 0 Å². The second-order valence-corrected chi connectivity index (χ2v) is 6.37. The van der Waals surface area contributed by atoms with Crippen molar-refractivity contribution in [3.63, 3.8) is 0 Å². The fourth-order valence-corrected chi connectivity index (χ4v) is 2.31. The van der Waals surface area contributed by atoms with E-state index in [2.05, 4.69) is 30.8 Å². The number of halogens is 1. The first-order valence-electron chi connectivity index (χ1n) is 8.36. The minimum atomic E-state index is 0.356. The summed E-state index contributed by atoms with van der Waals surface area (Å²) < 4.78 is 0. The van der Waals surface area contributed by atoms with Crippen LogP contribution in [0.3, 0.4) is 0 Å². The highest BCUT2D eigenvalue weighted by atomic mass is 35.5. The molecule has 0 saturated carbocycles. The Balaban J connectivity index is 1.71. The summed E-state index contributed by atoms with van der Waals surface area (Å²) in [6.07, 6.45) is 1.67. The minimum absolute atomic E-state index is 0.356. The van der Waals surface area contributed by atoms with Crippen molar-refractivity contribution in [1.82, 2.24) is 15.0 Å². The van der Waals surface area contributed by atoms with Gasteiger partial charge in [-0.15, -0.1) is 0 Å². The largest absolute Gasteiger partial charge is 0.350 e. The summed E-state index contributed by atoms with van der Waals surface area (Å²) in [4.78, 5) is 14.9. The molecule has 0 aliphatic carbocycles. The van der Waals surface area contributed by atoms with E-state index in [1.807, 2.05) is 73.6 Å².